The number of aliphatic hydroxyl groups excluding tert-OH is 2. The molecular formula is C14H21BO4S. The maximum atomic E-state index is 9.58. The zero-order valence-corrected chi connectivity index (χ0v) is 13.2. The van der Waals surface area contributed by atoms with Crippen LogP contribution in [0.5, 0.6) is 0 Å². The number of thiophene rings is 1. The molecule has 0 aliphatic carbocycles. The highest BCUT2D eigenvalue weighted by Crippen LogP contribution is 2.38. The molecule has 1 fully saturated rings. The molecule has 0 radical (unpaired) electrons. The van der Waals surface area contributed by atoms with Crippen molar-refractivity contribution in [2.75, 3.05) is 6.61 Å². The van der Waals surface area contributed by atoms with Crippen LogP contribution in [0.2, 0.25) is 0 Å². The molecule has 0 saturated carbocycles. The molecule has 0 atom stereocenters. The average Bonchev–Trinajstić information content (AvgIpc) is 2.89. The van der Waals surface area contributed by atoms with Gasteiger partial charge in [-0.2, -0.15) is 0 Å². The molecule has 1 aromatic heterocycles. The Balaban J connectivity index is 2.21. The van der Waals surface area contributed by atoms with Gasteiger partial charge in [-0.25, -0.2) is 0 Å². The summed E-state index contributed by atoms with van der Waals surface area (Å²) in [6, 6.07) is 3.78. The molecule has 1 aromatic rings. The van der Waals surface area contributed by atoms with Crippen molar-refractivity contribution in [3.63, 3.8) is 0 Å². The monoisotopic (exact) mass is 296 g/mol. The summed E-state index contributed by atoms with van der Waals surface area (Å²) < 4.78 is 11.9. The van der Waals surface area contributed by atoms with Gasteiger partial charge in [0.05, 0.1) is 24.4 Å². The summed E-state index contributed by atoms with van der Waals surface area (Å²) >= 11 is 1.49. The van der Waals surface area contributed by atoms with Crippen LogP contribution in [0.15, 0.2) is 17.6 Å². The highest BCUT2D eigenvalue weighted by molar-refractivity contribution is 7.12. The third-order valence-electron chi connectivity index (χ3n) is 3.90. The lowest BCUT2D eigenvalue weighted by Crippen LogP contribution is -2.41. The van der Waals surface area contributed by atoms with Crippen molar-refractivity contribution in [2.24, 2.45) is 0 Å². The quantitative estimate of drug-likeness (QED) is 0.837. The molecule has 2 N–H and O–H groups in total. The van der Waals surface area contributed by atoms with E-state index in [1.54, 1.807) is 0 Å². The highest BCUT2D eigenvalue weighted by Gasteiger charge is 2.52. The van der Waals surface area contributed by atoms with Gasteiger partial charge in [0.25, 0.3) is 0 Å². The van der Waals surface area contributed by atoms with Crippen LogP contribution in [0.1, 0.15) is 37.4 Å². The Labute approximate surface area is 124 Å². The van der Waals surface area contributed by atoms with Crippen molar-refractivity contribution in [3.8, 4) is 0 Å². The van der Waals surface area contributed by atoms with E-state index in [9.17, 15) is 5.11 Å². The lowest BCUT2D eigenvalue weighted by Gasteiger charge is -2.32. The molecule has 4 nitrogen and oxygen atoms in total. The zero-order valence-electron chi connectivity index (χ0n) is 12.3. The van der Waals surface area contributed by atoms with Gasteiger partial charge in [-0.05, 0) is 51.4 Å². The minimum Gasteiger partial charge on any atom is -0.400 e. The summed E-state index contributed by atoms with van der Waals surface area (Å²) in [5, 5.41) is 18.7. The van der Waals surface area contributed by atoms with Crippen LogP contribution in [0.25, 0.3) is 6.08 Å². The predicted octanol–water partition coefficient (Wildman–Crippen LogP) is 2.25. The van der Waals surface area contributed by atoms with Crippen LogP contribution in [-0.2, 0) is 15.9 Å². The fourth-order valence-electron chi connectivity index (χ4n) is 1.92. The summed E-state index contributed by atoms with van der Waals surface area (Å²) in [7, 11) is -0.537. The minimum absolute atomic E-state index is 0.0312. The Hall–Kier alpha value is -0.655. The van der Waals surface area contributed by atoms with Crippen molar-refractivity contribution in [3.05, 3.63) is 27.4 Å². The molecule has 0 bridgehead atoms. The van der Waals surface area contributed by atoms with Gasteiger partial charge in [0, 0.05) is 9.75 Å². The molecule has 0 spiro atoms. The van der Waals surface area contributed by atoms with Gasteiger partial charge in [-0.1, -0.05) is 0 Å². The summed E-state index contributed by atoms with van der Waals surface area (Å²) in [5.41, 5.74) is -0.148. The third-order valence-corrected chi connectivity index (χ3v) is 4.92. The van der Waals surface area contributed by atoms with E-state index in [2.05, 4.69) is 0 Å². The number of rotatable bonds is 4. The van der Waals surface area contributed by atoms with E-state index in [4.69, 9.17) is 14.4 Å². The van der Waals surface area contributed by atoms with Gasteiger partial charge in [0.1, 0.15) is 0 Å². The topological polar surface area (TPSA) is 58.9 Å². The lowest BCUT2D eigenvalue weighted by atomic mass is 9.78. The molecule has 1 saturated heterocycles. The number of aliphatic hydroxyl groups is 2. The Morgan fingerprint density at radius 2 is 1.80 bits per heavy atom. The van der Waals surface area contributed by atoms with Crippen LogP contribution in [-0.4, -0.2) is 35.1 Å². The molecule has 20 heavy (non-hydrogen) atoms. The highest BCUT2D eigenvalue weighted by atomic mass is 32.1. The van der Waals surface area contributed by atoms with Crippen molar-refractivity contribution < 1.29 is 19.5 Å². The van der Waals surface area contributed by atoms with Crippen LogP contribution in [0, 0.1) is 0 Å². The first-order valence-electron chi connectivity index (χ1n) is 6.65. The first-order valence-corrected chi connectivity index (χ1v) is 7.47. The predicted molar refractivity (Wildman–Crippen MR) is 81.4 cm³/mol. The first kappa shape index (κ1) is 15.7. The standard InChI is InChI=1S/C14H21BO4S/c1-13(2)14(3,4)19-15(18-13)10(8-16)7-11-5-6-12(9-17)20-11/h5-7,16-17H,8-9H2,1-4H3. The fourth-order valence-corrected chi connectivity index (χ4v) is 2.77. The number of hydrogen-bond donors (Lipinski definition) is 2. The lowest BCUT2D eigenvalue weighted by molar-refractivity contribution is 0.00578. The van der Waals surface area contributed by atoms with Crippen LogP contribution >= 0.6 is 11.3 Å². The molecule has 2 heterocycles. The normalized spacial score (nSPS) is 21.5. The molecule has 110 valence electrons. The fraction of sp³-hybridized carbons (Fsp3) is 0.571. The van der Waals surface area contributed by atoms with Gasteiger partial charge in [0.15, 0.2) is 0 Å². The van der Waals surface area contributed by atoms with E-state index >= 15 is 0 Å². The second-order valence-electron chi connectivity index (χ2n) is 5.93. The Morgan fingerprint density at radius 3 is 2.25 bits per heavy atom. The van der Waals surface area contributed by atoms with E-state index in [0.717, 1.165) is 9.75 Å². The summed E-state index contributed by atoms with van der Waals surface area (Å²) in [6.45, 7) is 7.84. The molecule has 2 rings (SSSR count). The molecule has 1 aliphatic rings. The van der Waals surface area contributed by atoms with Gasteiger partial charge in [0.2, 0.25) is 0 Å². The van der Waals surface area contributed by atoms with E-state index in [1.165, 1.54) is 11.3 Å². The summed E-state index contributed by atoms with van der Waals surface area (Å²) in [4.78, 5) is 1.86. The van der Waals surface area contributed by atoms with E-state index in [0.29, 0.717) is 5.47 Å². The molecule has 0 amide bonds. The van der Waals surface area contributed by atoms with Crippen molar-refractivity contribution in [1.82, 2.24) is 0 Å². The molecule has 0 unspecified atom stereocenters. The van der Waals surface area contributed by atoms with Crippen LogP contribution in [0.4, 0.5) is 0 Å². The zero-order chi connectivity index (χ0) is 15.0. The first-order chi connectivity index (χ1) is 9.29. The van der Waals surface area contributed by atoms with Gasteiger partial charge in [-0.15, -0.1) is 11.3 Å². The average molecular weight is 296 g/mol. The Bertz CT molecular complexity index is 491. The second kappa shape index (κ2) is 5.62. The van der Waals surface area contributed by atoms with Crippen molar-refractivity contribution >= 4 is 24.5 Å². The van der Waals surface area contributed by atoms with E-state index in [-0.39, 0.29) is 13.2 Å². The minimum atomic E-state index is -0.537. The van der Waals surface area contributed by atoms with Crippen LogP contribution in [0.3, 0.4) is 0 Å². The largest absolute Gasteiger partial charge is 0.492 e. The summed E-state index contributed by atoms with van der Waals surface area (Å²) in [5.74, 6) is 0. The van der Waals surface area contributed by atoms with Gasteiger partial charge >= 0.3 is 7.12 Å². The Kier molecular flexibility index (Phi) is 4.42. The van der Waals surface area contributed by atoms with E-state index in [1.807, 2.05) is 45.9 Å². The smallest absolute Gasteiger partial charge is 0.400 e. The molecule has 0 aromatic carbocycles. The van der Waals surface area contributed by atoms with Crippen molar-refractivity contribution in [1.29, 1.82) is 0 Å². The molecule has 1 aliphatic heterocycles. The Morgan fingerprint density at radius 1 is 1.20 bits per heavy atom. The van der Waals surface area contributed by atoms with Gasteiger partial charge in [-0.3, -0.25) is 0 Å². The van der Waals surface area contributed by atoms with Gasteiger partial charge < -0.3 is 19.5 Å². The number of hydrogen-bond acceptors (Lipinski definition) is 5. The summed E-state index contributed by atoms with van der Waals surface area (Å²) in [6.07, 6.45) is 1.87. The molecule has 6 heteroatoms. The van der Waals surface area contributed by atoms with E-state index < -0.39 is 18.3 Å². The third kappa shape index (κ3) is 2.99. The van der Waals surface area contributed by atoms with Crippen LogP contribution < -0.4 is 0 Å². The SMILES string of the molecule is CC1(C)OB(C(=Cc2ccc(CO)s2)CO)OC1(C)C. The molecular weight excluding hydrogens is 275 g/mol. The maximum absolute atomic E-state index is 9.58. The van der Waals surface area contributed by atoms with Crippen molar-refractivity contribution in [2.45, 2.75) is 45.5 Å². The second-order valence-corrected chi connectivity index (χ2v) is 7.13. The maximum Gasteiger partial charge on any atom is 0.492 e.